The molecule has 1 aromatic carbocycles. The first kappa shape index (κ1) is 17.8. The molecule has 1 rings (SSSR count). The zero-order chi connectivity index (χ0) is 15.8. The molecule has 0 saturated carbocycles. The summed E-state index contributed by atoms with van der Waals surface area (Å²) < 4.78 is 5.78. The molecule has 21 heavy (non-hydrogen) atoms. The van der Waals surface area contributed by atoms with Crippen molar-refractivity contribution in [2.24, 2.45) is 5.73 Å². The number of hydrogen-bond donors (Lipinski definition) is 2. The van der Waals surface area contributed by atoms with Crippen LogP contribution in [0.2, 0.25) is 5.02 Å². The molecule has 0 heterocycles. The van der Waals surface area contributed by atoms with Crippen LogP contribution in [0.5, 0.6) is 5.75 Å². The van der Waals surface area contributed by atoms with Crippen molar-refractivity contribution in [1.29, 1.82) is 0 Å². The Hall–Kier alpha value is -1.26. The predicted molar refractivity (Wildman–Crippen MR) is 86.8 cm³/mol. The van der Waals surface area contributed by atoms with E-state index < -0.39 is 6.10 Å². The number of amides is 1. The maximum absolute atomic E-state index is 11.9. The summed E-state index contributed by atoms with van der Waals surface area (Å²) in [4.78, 5) is 11.9. The molecule has 0 bridgehead atoms. The Morgan fingerprint density at radius 2 is 2.14 bits per heavy atom. The zero-order valence-electron chi connectivity index (χ0n) is 13.0. The van der Waals surface area contributed by atoms with Crippen molar-refractivity contribution >= 4 is 17.5 Å². The third kappa shape index (κ3) is 5.56. The number of carbonyl (C=O) groups excluding carboxylic acids is 1. The monoisotopic (exact) mass is 312 g/mol. The lowest BCUT2D eigenvalue weighted by molar-refractivity contribution is -0.127. The summed E-state index contributed by atoms with van der Waals surface area (Å²) in [6.45, 7) is 6.42. The van der Waals surface area contributed by atoms with Gasteiger partial charge in [-0.1, -0.05) is 31.5 Å². The smallest absolute Gasteiger partial charge is 0.260 e. The Labute approximate surface area is 132 Å². The number of nitrogens with two attached hydrogens (primary N) is 1. The quantitative estimate of drug-likeness (QED) is 0.775. The van der Waals surface area contributed by atoms with Crippen LogP contribution < -0.4 is 15.8 Å². The predicted octanol–water partition coefficient (Wildman–Crippen LogP) is 2.91. The SMILES string of the molecule is CCCNC(=O)C(C)Oc1cccc(Cl)c1CC(N)CC. The Morgan fingerprint density at radius 1 is 1.43 bits per heavy atom. The summed E-state index contributed by atoms with van der Waals surface area (Å²) in [6, 6.07) is 5.48. The van der Waals surface area contributed by atoms with Crippen molar-refractivity contribution in [2.75, 3.05) is 6.54 Å². The van der Waals surface area contributed by atoms with Crippen LogP contribution in [-0.4, -0.2) is 24.6 Å². The molecule has 0 saturated heterocycles. The van der Waals surface area contributed by atoms with Gasteiger partial charge in [0.15, 0.2) is 6.10 Å². The molecular weight excluding hydrogens is 288 g/mol. The van der Waals surface area contributed by atoms with Crippen molar-refractivity contribution in [1.82, 2.24) is 5.32 Å². The van der Waals surface area contributed by atoms with Crippen molar-refractivity contribution in [3.8, 4) is 5.75 Å². The van der Waals surface area contributed by atoms with E-state index in [1.54, 1.807) is 6.92 Å². The van der Waals surface area contributed by atoms with Gasteiger partial charge >= 0.3 is 0 Å². The summed E-state index contributed by atoms with van der Waals surface area (Å²) in [5, 5.41) is 3.44. The maximum Gasteiger partial charge on any atom is 0.260 e. The van der Waals surface area contributed by atoms with Crippen molar-refractivity contribution < 1.29 is 9.53 Å². The van der Waals surface area contributed by atoms with Gasteiger partial charge in [0.05, 0.1) is 0 Å². The molecule has 4 nitrogen and oxygen atoms in total. The van der Waals surface area contributed by atoms with Gasteiger partial charge in [-0.15, -0.1) is 0 Å². The maximum atomic E-state index is 11.9. The molecule has 1 aromatic rings. The first-order valence-electron chi connectivity index (χ1n) is 7.46. The number of carbonyl (C=O) groups is 1. The molecule has 3 N–H and O–H groups in total. The van der Waals surface area contributed by atoms with Crippen LogP contribution in [0.3, 0.4) is 0 Å². The van der Waals surface area contributed by atoms with Crippen LogP contribution in [0.25, 0.3) is 0 Å². The van der Waals surface area contributed by atoms with Gasteiger partial charge in [0.1, 0.15) is 5.75 Å². The third-order valence-electron chi connectivity index (χ3n) is 3.29. The molecule has 0 aliphatic heterocycles. The normalized spacial score (nSPS) is 13.6. The van der Waals surface area contributed by atoms with Gasteiger partial charge in [0.25, 0.3) is 5.91 Å². The summed E-state index contributed by atoms with van der Waals surface area (Å²) >= 11 is 6.24. The van der Waals surface area contributed by atoms with Crippen molar-refractivity contribution in [2.45, 2.75) is 52.2 Å². The fourth-order valence-corrected chi connectivity index (χ4v) is 2.13. The summed E-state index contributed by atoms with van der Waals surface area (Å²) in [5.41, 5.74) is 6.87. The van der Waals surface area contributed by atoms with Crippen LogP contribution in [0.15, 0.2) is 18.2 Å². The van der Waals surface area contributed by atoms with Crippen LogP contribution in [0.1, 0.15) is 39.2 Å². The first-order chi connectivity index (χ1) is 9.99. The van der Waals surface area contributed by atoms with Gasteiger partial charge < -0.3 is 15.8 Å². The Bertz CT molecular complexity index is 466. The highest BCUT2D eigenvalue weighted by atomic mass is 35.5. The highest BCUT2D eigenvalue weighted by Gasteiger charge is 2.18. The number of nitrogens with one attached hydrogen (secondary N) is 1. The molecule has 118 valence electrons. The number of halogens is 1. The van der Waals surface area contributed by atoms with Gasteiger partial charge in [0.2, 0.25) is 0 Å². The van der Waals surface area contributed by atoms with E-state index in [-0.39, 0.29) is 11.9 Å². The largest absolute Gasteiger partial charge is 0.481 e. The lowest BCUT2D eigenvalue weighted by atomic mass is 10.0. The average molecular weight is 313 g/mol. The molecule has 0 aliphatic carbocycles. The molecular formula is C16H25ClN2O2. The molecule has 2 atom stereocenters. The average Bonchev–Trinajstić information content (AvgIpc) is 2.47. The van der Waals surface area contributed by atoms with E-state index in [0.717, 1.165) is 18.4 Å². The van der Waals surface area contributed by atoms with Gasteiger partial charge in [-0.2, -0.15) is 0 Å². The zero-order valence-corrected chi connectivity index (χ0v) is 13.7. The van der Waals surface area contributed by atoms with E-state index in [1.165, 1.54) is 0 Å². The molecule has 0 fully saturated rings. The highest BCUT2D eigenvalue weighted by molar-refractivity contribution is 6.31. The van der Waals surface area contributed by atoms with Crippen LogP contribution >= 0.6 is 11.6 Å². The van der Waals surface area contributed by atoms with Gasteiger partial charge in [-0.05, 0) is 38.3 Å². The van der Waals surface area contributed by atoms with Crippen molar-refractivity contribution in [3.63, 3.8) is 0 Å². The standard InChI is InChI=1S/C16H25ClN2O2/c1-4-9-19-16(20)11(3)21-15-8-6-7-14(17)13(15)10-12(18)5-2/h6-8,11-12H,4-5,9-10,18H2,1-3H3,(H,19,20). The van der Waals surface area contributed by atoms with E-state index in [1.807, 2.05) is 32.0 Å². The fourth-order valence-electron chi connectivity index (χ4n) is 1.89. The number of ether oxygens (including phenoxy) is 1. The minimum absolute atomic E-state index is 0.0245. The molecule has 0 spiro atoms. The van der Waals surface area contributed by atoms with E-state index in [0.29, 0.717) is 23.7 Å². The lowest BCUT2D eigenvalue weighted by Crippen LogP contribution is -2.37. The Balaban J connectivity index is 2.82. The second-order valence-electron chi connectivity index (χ2n) is 5.14. The molecule has 0 radical (unpaired) electrons. The topological polar surface area (TPSA) is 64.3 Å². The summed E-state index contributed by atoms with van der Waals surface area (Å²) in [7, 11) is 0. The summed E-state index contributed by atoms with van der Waals surface area (Å²) in [6.07, 6.45) is 1.82. The number of rotatable bonds is 8. The van der Waals surface area contributed by atoms with Gasteiger partial charge in [0, 0.05) is 23.2 Å². The first-order valence-corrected chi connectivity index (χ1v) is 7.84. The van der Waals surface area contributed by atoms with E-state index in [2.05, 4.69) is 5.32 Å². The molecule has 1 amide bonds. The second-order valence-corrected chi connectivity index (χ2v) is 5.55. The summed E-state index contributed by atoms with van der Waals surface area (Å²) in [5.74, 6) is 0.508. The van der Waals surface area contributed by atoms with E-state index in [9.17, 15) is 4.79 Å². The fraction of sp³-hybridized carbons (Fsp3) is 0.562. The van der Waals surface area contributed by atoms with E-state index >= 15 is 0 Å². The minimum Gasteiger partial charge on any atom is -0.481 e. The highest BCUT2D eigenvalue weighted by Crippen LogP contribution is 2.28. The van der Waals surface area contributed by atoms with Crippen molar-refractivity contribution in [3.05, 3.63) is 28.8 Å². The molecule has 2 unspecified atom stereocenters. The van der Waals surface area contributed by atoms with Gasteiger partial charge in [-0.25, -0.2) is 0 Å². The Morgan fingerprint density at radius 3 is 2.76 bits per heavy atom. The lowest BCUT2D eigenvalue weighted by Gasteiger charge is -2.19. The van der Waals surface area contributed by atoms with Crippen LogP contribution in [-0.2, 0) is 11.2 Å². The number of hydrogen-bond acceptors (Lipinski definition) is 3. The minimum atomic E-state index is -0.563. The molecule has 5 heteroatoms. The molecule has 0 aromatic heterocycles. The van der Waals surface area contributed by atoms with Crippen LogP contribution in [0, 0.1) is 0 Å². The van der Waals surface area contributed by atoms with Crippen LogP contribution in [0.4, 0.5) is 0 Å². The van der Waals surface area contributed by atoms with Gasteiger partial charge in [-0.3, -0.25) is 4.79 Å². The third-order valence-corrected chi connectivity index (χ3v) is 3.64. The molecule has 0 aliphatic rings. The Kier molecular flexibility index (Phi) is 7.54. The van der Waals surface area contributed by atoms with E-state index in [4.69, 9.17) is 22.1 Å². The second kappa shape index (κ2) is 8.90. The number of benzene rings is 1.